The van der Waals surface area contributed by atoms with Crippen molar-refractivity contribution in [1.82, 2.24) is 9.78 Å². The molecule has 1 aliphatic rings. The Morgan fingerprint density at radius 3 is 2.92 bits per heavy atom. The lowest BCUT2D eigenvalue weighted by atomic mass is 10.1. The zero-order valence-corrected chi connectivity index (χ0v) is 14.8. The van der Waals surface area contributed by atoms with E-state index >= 15 is 0 Å². The second kappa shape index (κ2) is 6.29. The lowest BCUT2D eigenvalue weighted by Gasteiger charge is -2.17. The van der Waals surface area contributed by atoms with Gasteiger partial charge in [-0.1, -0.05) is 24.3 Å². The van der Waals surface area contributed by atoms with Crippen LogP contribution in [0, 0.1) is 0 Å². The fourth-order valence-corrected chi connectivity index (χ4v) is 4.12. The second-order valence-corrected chi connectivity index (χ2v) is 6.79. The number of hydrogen-bond acceptors (Lipinski definition) is 4. The number of rotatable bonds is 3. The molecule has 1 amide bonds. The van der Waals surface area contributed by atoms with Gasteiger partial charge >= 0.3 is 0 Å². The van der Waals surface area contributed by atoms with E-state index in [1.165, 1.54) is 4.90 Å². The van der Waals surface area contributed by atoms with E-state index in [1.54, 1.807) is 29.6 Å². The first-order valence-electron chi connectivity index (χ1n) is 7.91. The SMILES string of the molecule is COc1cccc(NC(=O)c2nn(C)c3c2CSc2ccccc2-3)c1. The molecule has 1 N–H and O–H groups in total. The third-order valence-corrected chi connectivity index (χ3v) is 5.30. The third kappa shape index (κ3) is 2.78. The van der Waals surface area contributed by atoms with Gasteiger partial charge in [0, 0.05) is 40.6 Å². The molecule has 0 aliphatic carbocycles. The maximum Gasteiger partial charge on any atom is 0.276 e. The molecule has 4 rings (SSSR count). The van der Waals surface area contributed by atoms with Crippen LogP contribution in [0.2, 0.25) is 0 Å². The maximum absolute atomic E-state index is 12.8. The van der Waals surface area contributed by atoms with Crippen molar-refractivity contribution in [3.05, 3.63) is 59.8 Å². The van der Waals surface area contributed by atoms with Gasteiger partial charge in [0.2, 0.25) is 0 Å². The van der Waals surface area contributed by atoms with Crippen LogP contribution in [0.1, 0.15) is 16.1 Å². The Labute approximate surface area is 150 Å². The van der Waals surface area contributed by atoms with Crippen molar-refractivity contribution in [2.75, 3.05) is 12.4 Å². The van der Waals surface area contributed by atoms with E-state index < -0.39 is 0 Å². The van der Waals surface area contributed by atoms with Gasteiger partial charge in [-0.2, -0.15) is 5.10 Å². The number of carbonyl (C=O) groups excluding carboxylic acids is 1. The normalized spacial score (nSPS) is 12.2. The van der Waals surface area contributed by atoms with Gasteiger partial charge < -0.3 is 10.1 Å². The van der Waals surface area contributed by atoms with Crippen molar-refractivity contribution in [3.8, 4) is 17.0 Å². The van der Waals surface area contributed by atoms with Crippen LogP contribution in [0.3, 0.4) is 0 Å². The van der Waals surface area contributed by atoms with Gasteiger partial charge in [0.1, 0.15) is 5.75 Å². The summed E-state index contributed by atoms with van der Waals surface area (Å²) in [4.78, 5) is 14.0. The van der Waals surface area contributed by atoms with Gasteiger partial charge in [-0.05, 0) is 18.2 Å². The number of benzene rings is 2. The number of methoxy groups -OCH3 is 1. The number of hydrogen-bond donors (Lipinski definition) is 1. The molecule has 0 fully saturated rings. The average molecular weight is 351 g/mol. The quantitative estimate of drug-likeness (QED) is 0.776. The number of carbonyl (C=O) groups is 1. The Kier molecular flexibility index (Phi) is 3.97. The highest BCUT2D eigenvalue weighted by atomic mass is 32.2. The predicted octanol–water partition coefficient (Wildman–Crippen LogP) is 3.95. The smallest absolute Gasteiger partial charge is 0.276 e. The van der Waals surface area contributed by atoms with Crippen LogP contribution in [-0.2, 0) is 12.8 Å². The number of amides is 1. The summed E-state index contributed by atoms with van der Waals surface area (Å²) in [5.74, 6) is 1.23. The number of anilines is 1. The highest BCUT2D eigenvalue weighted by molar-refractivity contribution is 7.98. The van der Waals surface area contributed by atoms with Gasteiger partial charge in [-0.25, -0.2) is 0 Å². The summed E-state index contributed by atoms with van der Waals surface area (Å²) in [6.45, 7) is 0. The van der Waals surface area contributed by atoms with E-state index in [4.69, 9.17) is 4.74 Å². The molecule has 0 bridgehead atoms. The summed E-state index contributed by atoms with van der Waals surface area (Å²) in [6.07, 6.45) is 0. The number of ether oxygens (including phenoxy) is 1. The summed E-state index contributed by atoms with van der Waals surface area (Å²) in [7, 11) is 3.48. The molecule has 0 saturated carbocycles. The van der Waals surface area contributed by atoms with E-state index in [-0.39, 0.29) is 5.91 Å². The van der Waals surface area contributed by atoms with Crippen molar-refractivity contribution in [3.63, 3.8) is 0 Å². The monoisotopic (exact) mass is 351 g/mol. The molecule has 1 aliphatic heterocycles. The maximum atomic E-state index is 12.8. The molecule has 2 heterocycles. The predicted molar refractivity (Wildman–Crippen MR) is 99.2 cm³/mol. The average Bonchev–Trinajstić information content (AvgIpc) is 2.99. The highest BCUT2D eigenvalue weighted by Crippen LogP contribution is 2.42. The molecular formula is C19H17N3O2S. The molecule has 3 aromatic rings. The van der Waals surface area contributed by atoms with E-state index in [0.29, 0.717) is 17.1 Å². The summed E-state index contributed by atoms with van der Waals surface area (Å²) < 4.78 is 7.00. The minimum absolute atomic E-state index is 0.204. The van der Waals surface area contributed by atoms with Gasteiger partial charge in [0.05, 0.1) is 12.8 Å². The fraction of sp³-hybridized carbons (Fsp3) is 0.158. The number of nitrogens with one attached hydrogen (secondary N) is 1. The van der Waals surface area contributed by atoms with Crippen molar-refractivity contribution < 1.29 is 9.53 Å². The van der Waals surface area contributed by atoms with Gasteiger partial charge in [-0.15, -0.1) is 11.8 Å². The first kappa shape index (κ1) is 15.8. The van der Waals surface area contributed by atoms with Gasteiger partial charge in [0.25, 0.3) is 5.91 Å². The Bertz CT molecular complexity index is 965. The summed E-state index contributed by atoms with van der Waals surface area (Å²) in [6, 6.07) is 15.5. The number of thioether (sulfide) groups is 1. The lowest BCUT2D eigenvalue weighted by molar-refractivity contribution is 0.102. The van der Waals surface area contributed by atoms with E-state index in [9.17, 15) is 4.79 Å². The number of fused-ring (bicyclic) bond motifs is 3. The second-order valence-electron chi connectivity index (χ2n) is 5.77. The molecule has 0 radical (unpaired) electrons. The van der Waals surface area contributed by atoms with Crippen LogP contribution < -0.4 is 10.1 Å². The van der Waals surface area contributed by atoms with Crippen LogP contribution in [0.15, 0.2) is 53.4 Å². The standard InChI is InChI=1S/C19H17N3O2S/c1-22-18-14-8-3-4-9-16(14)25-11-15(18)17(21-22)19(23)20-12-6-5-7-13(10-12)24-2/h3-10H,11H2,1-2H3,(H,20,23). The molecule has 0 atom stereocenters. The number of aromatic nitrogens is 2. The van der Waals surface area contributed by atoms with Crippen LogP contribution in [0.25, 0.3) is 11.3 Å². The summed E-state index contributed by atoms with van der Waals surface area (Å²) >= 11 is 1.74. The minimum Gasteiger partial charge on any atom is -0.497 e. The van der Waals surface area contributed by atoms with Gasteiger partial charge in [0.15, 0.2) is 5.69 Å². The van der Waals surface area contributed by atoms with Crippen LogP contribution in [0.4, 0.5) is 5.69 Å². The number of aryl methyl sites for hydroxylation is 1. The topological polar surface area (TPSA) is 56.1 Å². The molecule has 2 aromatic carbocycles. The summed E-state index contributed by atoms with van der Waals surface area (Å²) in [5, 5.41) is 7.41. The van der Waals surface area contributed by atoms with Crippen molar-refractivity contribution in [2.45, 2.75) is 10.6 Å². The Morgan fingerprint density at radius 1 is 1.24 bits per heavy atom. The first-order valence-corrected chi connectivity index (χ1v) is 8.89. The molecule has 6 heteroatoms. The molecule has 0 spiro atoms. The highest BCUT2D eigenvalue weighted by Gasteiger charge is 2.27. The first-order chi connectivity index (χ1) is 12.2. The Hall–Kier alpha value is -2.73. The minimum atomic E-state index is -0.204. The van der Waals surface area contributed by atoms with Crippen molar-refractivity contribution in [2.24, 2.45) is 7.05 Å². The summed E-state index contributed by atoms with van der Waals surface area (Å²) in [5.41, 5.74) is 4.29. The lowest BCUT2D eigenvalue weighted by Crippen LogP contribution is -2.15. The Balaban J connectivity index is 1.70. The molecule has 0 unspecified atom stereocenters. The molecule has 25 heavy (non-hydrogen) atoms. The van der Waals surface area contributed by atoms with E-state index in [2.05, 4.69) is 22.5 Å². The molecule has 5 nitrogen and oxygen atoms in total. The number of nitrogens with zero attached hydrogens (tertiary/aromatic N) is 2. The molecule has 126 valence electrons. The van der Waals surface area contributed by atoms with Crippen LogP contribution in [-0.4, -0.2) is 22.8 Å². The third-order valence-electron chi connectivity index (χ3n) is 4.20. The van der Waals surface area contributed by atoms with E-state index in [0.717, 1.165) is 22.6 Å². The largest absolute Gasteiger partial charge is 0.497 e. The van der Waals surface area contributed by atoms with Crippen LogP contribution >= 0.6 is 11.8 Å². The molecule has 1 aromatic heterocycles. The van der Waals surface area contributed by atoms with Crippen molar-refractivity contribution in [1.29, 1.82) is 0 Å². The van der Waals surface area contributed by atoms with Crippen molar-refractivity contribution >= 4 is 23.4 Å². The molecule has 0 saturated heterocycles. The van der Waals surface area contributed by atoms with Gasteiger partial charge in [-0.3, -0.25) is 9.48 Å². The molecular weight excluding hydrogens is 334 g/mol. The van der Waals surface area contributed by atoms with E-state index in [1.807, 2.05) is 37.4 Å². The fourth-order valence-electron chi connectivity index (χ4n) is 3.05. The van der Waals surface area contributed by atoms with Crippen LogP contribution in [0.5, 0.6) is 5.75 Å². The zero-order chi connectivity index (χ0) is 17.4. The Morgan fingerprint density at radius 2 is 2.08 bits per heavy atom. The zero-order valence-electron chi connectivity index (χ0n) is 13.9.